The minimum absolute atomic E-state index is 0.00960. The number of aliphatic hydroxyl groups excluding tert-OH is 1. The lowest BCUT2D eigenvalue weighted by atomic mass is 9.91. The molecule has 0 radical (unpaired) electrons. The van der Waals surface area contributed by atoms with Crippen LogP contribution in [0, 0.1) is 6.92 Å². The summed E-state index contributed by atoms with van der Waals surface area (Å²) in [5.41, 5.74) is 5.20. The summed E-state index contributed by atoms with van der Waals surface area (Å²) in [6, 6.07) is 6.94. The Kier molecular flexibility index (Phi) is 15.4. The van der Waals surface area contributed by atoms with E-state index in [0.717, 1.165) is 50.2 Å². The Morgan fingerprint density at radius 2 is 1.85 bits per heavy atom. The van der Waals surface area contributed by atoms with Gasteiger partial charge in [-0.25, -0.2) is 4.79 Å². The van der Waals surface area contributed by atoms with Crippen molar-refractivity contribution in [3.8, 4) is 0 Å². The molecule has 1 aromatic carbocycles. The molecule has 0 saturated carbocycles. The first-order valence-electron chi connectivity index (χ1n) is 14.6. The molecule has 2 rings (SSSR count). The van der Waals surface area contributed by atoms with E-state index in [0.29, 0.717) is 19.1 Å². The molecular formula is C33H55N3O3. The molecule has 1 heterocycles. The molecule has 0 aromatic heterocycles. The zero-order chi connectivity index (χ0) is 29.6. The highest BCUT2D eigenvalue weighted by molar-refractivity contribution is 5.72. The third kappa shape index (κ3) is 11.7. The number of nitrogens with zero attached hydrogens (tertiary/aromatic N) is 3. The summed E-state index contributed by atoms with van der Waals surface area (Å²) in [6.07, 6.45) is 7.85. The maximum absolute atomic E-state index is 12.5. The molecule has 6 nitrogen and oxygen atoms in total. The first-order chi connectivity index (χ1) is 18.5. The molecule has 1 aliphatic heterocycles. The Labute approximate surface area is 239 Å². The molecule has 220 valence electrons. The van der Waals surface area contributed by atoms with Crippen LogP contribution in [0.4, 0.5) is 4.79 Å². The monoisotopic (exact) mass is 541 g/mol. The smallest absolute Gasteiger partial charge is 0.410 e. The van der Waals surface area contributed by atoms with Gasteiger partial charge in [-0.2, -0.15) is 0 Å². The fraction of sp³-hybridized carbons (Fsp3) is 0.606. The minimum Gasteiger partial charge on any atom is -0.444 e. The standard InChI is InChI=1S/C31H49N3O3.C2H6/c1-9-14-32(8)22-25(10-2)20-27(23-35)29-19-24(4)12-13-26(29)21-28(11-3)33-15-17-34(18-16-33)30(36)37-31(5,6)7;1-2/h9-10,12-13,19-20,28,35H,1,11,14-18,21-23H2,2-8H3;1-2H3/b25-10-,27-20-;. The van der Waals surface area contributed by atoms with Crippen LogP contribution in [0.15, 0.2) is 48.6 Å². The summed E-state index contributed by atoms with van der Waals surface area (Å²) in [6.45, 7) is 24.5. The number of piperazine rings is 1. The van der Waals surface area contributed by atoms with Gasteiger partial charge in [-0.15, -0.1) is 6.58 Å². The van der Waals surface area contributed by atoms with Crippen molar-refractivity contribution in [1.29, 1.82) is 0 Å². The molecule has 1 N–H and O–H groups in total. The van der Waals surface area contributed by atoms with E-state index in [2.05, 4.69) is 67.6 Å². The van der Waals surface area contributed by atoms with Crippen molar-refractivity contribution in [2.75, 3.05) is 52.9 Å². The zero-order valence-electron chi connectivity index (χ0n) is 26.2. The number of aryl methyl sites for hydroxylation is 1. The van der Waals surface area contributed by atoms with Gasteiger partial charge in [-0.05, 0) is 76.8 Å². The van der Waals surface area contributed by atoms with Gasteiger partial charge in [0.25, 0.3) is 0 Å². The molecule has 0 spiro atoms. The lowest BCUT2D eigenvalue weighted by Crippen LogP contribution is -2.53. The van der Waals surface area contributed by atoms with E-state index in [-0.39, 0.29) is 12.7 Å². The summed E-state index contributed by atoms with van der Waals surface area (Å²) >= 11 is 0. The highest BCUT2D eigenvalue weighted by Gasteiger charge is 2.28. The average molecular weight is 542 g/mol. The normalized spacial score (nSPS) is 16.0. The molecule has 0 aliphatic carbocycles. The van der Waals surface area contributed by atoms with Crippen LogP contribution in [0.5, 0.6) is 0 Å². The van der Waals surface area contributed by atoms with Crippen molar-refractivity contribution in [2.24, 2.45) is 0 Å². The van der Waals surface area contributed by atoms with Gasteiger partial charge in [0.2, 0.25) is 0 Å². The summed E-state index contributed by atoms with van der Waals surface area (Å²) in [5.74, 6) is 0. The maximum atomic E-state index is 12.5. The van der Waals surface area contributed by atoms with E-state index in [9.17, 15) is 9.90 Å². The number of likely N-dealkylation sites (N-methyl/N-ethyl adjacent to an activating group) is 1. The summed E-state index contributed by atoms with van der Waals surface area (Å²) < 4.78 is 5.56. The Morgan fingerprint density at radius 3 is 2.36 bits per heavy atom. The summed E-state index contributed by atoms with van der Waals surface area (Å²) in [7, 11) is 2.07. The largest absolute Gasteiger partial charge is 0.444 e. The van der Waals surface area contributed by atoms with Crippen LogP contribution in [0.2, 0.25) is 0 Å². The second kappa shape index (κ2) is 17.3. The van der Waals surface area contributed by atoms with Gasteiger partial charge >= 0.3 is 6.09 Å². The molecular weight excluding hydrogens is 486 g/mol. The van der Waals surface area contributed by atoms with E-state index in [1.807, 2.05) is 52.5 Å². The van der Waals surface area contributed by atoms with Crippen LogP contribution in [0.1, 0.15) is 71.6 Å². The first-order valence-corrected chi connectivity index (χ1v) is 14.6. The number of aliphatic hydroxyl groups is 1. The van der Waals surface area contributed by atoms with Crippen molar-refractivity contribution in [1.82, 2.24) is 14.7 Å². The highest BCUT2D eigenvalue weighted by atomic mass is 16.6. The predicted molar refractivity (Wildman–Crippen MR) is 166 cm³/mol. The molecule has 0 bridgehead atoms. The van der Waals surface area contributed by atoms with E-state index >= 15 is 0 Å². The molecule has 1 atom stereocenters. The molecule has 39 heavy (non-hydrogen) atoms. The van der Waals surface area contributed by atoms with Gasteiger partial charge < -0.3 is 14.7 Å². The summed E-state index contributed by atoms with van der Waals surface area (Å²) in [4.78, 5) is 19.0. The van der Waals surface area contributed by atoms with E-state index in [1.165, 1.54) is 16.7 Å². The maximum Gasteiger partial charge on any atom is 0.410 e. The Balaban J connectivity index is 0.00000371. The average Bonchev–Trinajstić information content (AvgIpc) is 2.90. The number of hydrogen-bond donors (Lipinski definition) is 1. The fourth-order valence-corrected chi connectivity index (χ4v) is 4.80. The van der Waals surface area contributed by atoms with Crippen molar-refractivity contribution in [3.05, 3.63) is 65.3 Å². The van der Waals surface area contributed by atoms with Crippen LogP contribution in [-0.2, 0) is 11.2 Å². The molecule has 1 fully saturated rings. The molecule has 6 heteroatoms. The number of benzene rings is 1. The third-order valence-electron chi connectivity index (χ3n) is 6.81. The number of rotatable bonds is 11. The zero-order valence-corrected chi connectivity index (χ0v) is 26.2. The Bertz CT molecular complexity index is 953. The lowest BCUT2D eigenvalue weighted by molar-refractivity contribution is 0.0101. The van der Waals surface area contributed by atoms with Gasteiger partial charge in [-0.1, -0.05) is 62.8 Å². The molecule has 1 saturated heterocycles. The summed E-state index contributed by atoms with van der Waals surface area (Å²) in [5, 5.41) is 10.4. The van der Waals surface area contributed by atoms with Crippen molar-refractivity contribution >= 4 is 11.7 Å². The predicted octanol–water partition coefficient (Wildman–Crippen LogP) is 6.33. The van der Waals surface area contributed by atoms with Crippen LogP contribution < -0.4 is 0 Å². The molecule has 1 amide bonds. The van der Waals surface area contributed by atoms with Gasteiger partial charge in [0.15, 0.2) is 0 Å². The van der Waals surface area contributed by atoms with Gasteiger partial charge in [0.1, 0.15) is 5.60 Å². The Morgan fingerprint density at radius 1 is 1.21 bits per heavy atom. The van der Waals surface area contributed by atoms with Gasteiger partial charge in [0, 0.05) is 45.3 Å². The number of allylic oxidation sites excluding steroid dienone is 1. The van der Waals surface area contributed by atoms with Crippen molar-refractivity contribution < 1.29 is 14.6 Å². The van der Waals surface area contributed by atoms with Crippen molar-refractivity contribution in [2.45, 2.75) is 79.9 Å². The lowest BCUT2D eigenvalue weighted by Gasteiger charge is -2.39. The SMILES string of the molecule is C=CCN(C)CC(=C\C)/C=C(/CO)c1cc(C)ccc1CC(CC)N1CCN(C(=O)OC(C)(C)C)CC1.CC. The van der Waals surface area contributed by atoms with E-state index in [1.54, 1.807) is 0 Å². The second-order valence-electron chi connectivity index (χ2n) is 11.1. The number of amides is 1. The van der Waals surface area contributed by atoms with Gasteiger partial charge in [-0.3, -0.25) is 9.80 Å². The minimum atomic E-state index is -0.478. The first kappa shape index (κ1) is 34.6. The highest BCUT2D eigenvalue weighted by Crippen LogP contribution is 2.26. The molecule has 1 aliphatic rings. The molecule has 1 aromatic rings. The van der Waals surface area contributed by atoms with E-state index in [4.69, 9.17) is 4.74 Å². The quantitative estimate of drug-likeness (QED) is 0.262. The number of carbonyl (C=O) groups excluding carboxylic acids is 1. The number of ether oxygens (including phenoxy) is 1. The van der Waals surface area contributed by atoms with Crippen LogP contribution in [-0.4, -0.2) is 90.5 Å². The Hall–Kier alpha value is -2.41. The second-order valence-corrected chi connectivity index (χ2v) is 11.1. The van der Waals surface area contributed by atoms with Crippen LogP contribution in [0.25, 0.3) is 5.57 Å². The third-order valence-corrected chi connectivity index (χ3v) is 6.81. The fourth-order valence-electron chi connectivity index (χ4n) is 4.80. The topological polar surface area (TPSA) is 56.2 Å². The van der Waals surface area contributed by atoms with Crippen LogP contribution in [0.3, 0.4) is 0 Å². The van der Waals surface area contributed by atoms with Crippen molar-refractivity contribution in [3.63, 3.8) is 0 Å². The van der Waals surface area contributed by atoms with Gasteiger partial charge in [0.05, 0.1) is 6.61 Å². The van der Waals surface area contributed by atoms with Crippen LogP contribution >= 0.6 is 0 Å². The molecule has 1 unspecified atom stereocenters. The number of carbonyl (C=O) groups is 1. The van der Waals surface area contributed by atoms with E-state index < -0.39 is 5.60 Å². The number of hydrogen-bond acceptors (Lipinski definition) is 5.